The smallest absolute Gasteiger partial charge is 0.365 e. The molecule has 1 fully saturated rings. The maximum Gasteiger partial charge on any atom is 0.365 e. The number of carboxylic acid groups (broad SMARTS) is 1. The van der Waals surface area contributed by atoms with Crippen molar-refractivity contribution in [3.63, 3.8) is 0 Å². The number of aryl methyl sites for hydroxylation is 1. The van der Waals surface area contributed by atoms with Gasteiger partial charge in [-0.05, 0) is 6.92 Å². The van der Waals surface area contributed by atoms with Crippen LogP contribution in [-0.4, -0.2) is 81.4 Å². The maximum atomic E-state index is 11.2. The van der Waals surface area contributed by atoms with Crippen molar-refractivity contribution in [3.05, 3.63) is 12.2 Å². The molecule has 15 heteroatoms. The van der Waals surface area contributed by atoms with Crippen LogP contribution in [0.3, 0.4) is 0 Å². The molecule has 0 spiro atoms. The summed E-state index contributed by atoms with van der Waals surface area (Å²) in [7, 11) is -5.10. The van der Waals surface area contributed by atoms with Gasteiger partial charge in [-0.25, -0.2) is 19.7 Å². The lowest BCUT2D eigenvalue weighted by molar-refractivity contribution is -0.149. The molecule has 3 rings (SSSR count). The average molecular weight is 419 g/mol. The molecule has 1 aliphatic heterocycles. The van der Waals surface area contributed by atoms with Crippen molar-refractivity contribution < 1.29 is 43.9 Å². The molecule has 0 aromatic carbocycles. The van der Waals surface area contributed by atoms with E-state index in [2.05, 4.69) is 15.0 Å². The minimum absolute atomic E-state index is 0.111. The molecule has 14 nitrogen and oxygen atoms in total. The second-order valence-electron chi connectivity index (χ2n) is 6.14. The van der Waals surface area contributed by atoms with Gasteiger partial charge in [0.25, 0.3) is 5.85 Å². The van der Waals surface area contributed by atoms with Crippen molar-refractivity contribution in [1.29, 1.82) is 0 Å². The van der Waals surface area contributed by atoms with Gasteiger partial charge in [0.05, 0.1) is 12.9 Å². The van der Waals surface area contributed by atoms with Crippen LogP contribution in [0.15, 0.2) is 6.33 Å². The summed E-state index contributed by atoms with van der Waals surface area (Å²) in [6.45, 7) is 0.901. The number of rotatable bonds is 6. The van der Waals surface area contributed by atoms with Crippen molar-refractivity contribution in [2.24, 2.45) is 0 Å². The van der Waals surface area contributed by atoms with Crippen LogP contribution in [0.25, 0.3) is 11.2 Å². The molecule has 0 aliphatic carbocycles. The number of aliphatic hydroxyl groups is 2. The van der Waals surface area contributed by atoms with E-state index in [1.807, 2.05) is 0 Å². The number of fused-ring (bicyclic) bond motifs is 1. The minimum Gasteiger partial charge on any atom is -0.479 e. The molecule has 0 bridgehead atoms. The number of hydrogen-bond acceptors (Lipinski definition) is 10. The van der Waals surface area contributed by atoms with Crippen molar-refractivity contribution in [1.82, 2.24) is 19.5 Å². The SMILES string of the molecule is Cc1nc(N)c2ncn([C@@H]3O[C@H](COC(C(=O)O)P(=O)(O)O)[C@@H](O)[C@H]3O)c2n1. The first-order valence-electron chi connectivity index (χ1n) is 7.88. The van der Waals surface area contributed by atoms with Crippen LogP contribution in [0.4, 0.5) is 5.82 Å². The highest BCUT2D eigenvalue weighted by atomic mass is 31.2. The molecule has 7 N–H and O–H groups in total. The standard InChI is InChI=1S/C13H18N5O9P/c1-4-16-9(14)6-10(17-4)18(3-15-6)11-8(20)7(19)5(27-11)2-26-13(12(21)22)28(23,24)25/h3,5,7-8,11,13,19-20H,2H2,1H3,(H,21,22)(H2,14,16,17)(H2,23,24,25)/t5-,7-,8-,11-,13?/m1/s1. The third-order valence-corrected chi connectivity index (χ3v) is 5.09. The molecule has 154 valence electrons. The summed E-state index contributed by atoms with van der Waals surface area (Å²) in [6.07, 6.45) is -4.20. The van der Waals surface area contributed by atoms with Crippen molar-refractivity contribution >= 4 is 30.5 Å². The molecule has 2 aromatic rings. The molecule has 1 unspecified atom stereocenters. The zero-order valence-corrected chi connectivity index (χ0v) is 15.2. The molecule has 0 radical (unpaired) electrons. The van der Waals surface area contributed by atoms with Crippen molar-refractivity contribution in [3.8, 4) is 0 Å². The van der Waals surface area contributed by atoms with E-state index in [-0.39, 0.29) is 17.0 Å². The summed E-state index contributed by atoms with van der Waals surface area (Å²) in [5.74, 6) is -3.85. The highest BCUT2D eigenvalue weighted by Crippen LogP contribution is 2.42. The highest BCUT2D eigenvalue weighted by Gasteiger charge is 2.46. The first kappa shape index (κ1) is 20.5. The molecular formula is C13H18N5O9P. The number of carbonyl (C=O) groups is 1. The topological polar surface area (TPSA) is 223 Å². The summed E-state index contributed by atoms with van der Waals surface area (Å²) >= 11 is 0. The van der Waals surface area contributed by atoms with Gasteiger partial charge in [-0.3, -0.25) is 9.13 Å². The number of nitrogens with two attached hydrogens (primary N) is 1. The predicted molar refractivity (Wildman–Crippen MR) is 89.8 cm³/mol. The number of ether oxygens (including phenoxy) is 2. The van der Waals surface area contributed by atoms with Gasteiger partial charge >= 0.3 is 13.6 Å². The van der Waals surface area contributed by atoms with E-state index in [1.54, 1.807) is 6.92 Å². The van der Waals surface area contributed by atoms with E-state index >= 15 is 0 Å². The Morgan fingerprint density at radius 3 is 2.68 bits per heavy atom. The van der Waals surface area contributed by atoms with E-state index in [0.717, 1.165) is 0 Å². The zero-order valence-electron chi connectivity index (χ0n) is 14.4. The predicted octanol–water partition coefficient (Wildman–Crippen LogP) is -2.06. The maximum absolute atomic E-state index is 11.2. The Labute approximate surface area is 156 Å². The number of hydrogen-bond donors (Lipinski definition) is 6. The first-order chi connectivity index (χ1) is 13.0. The van der Waals surface area contributed by atoms with Crippen LogP contribution < -0.4 is 5.73 Å². The largest absolute Gasteiger partial charge is 0.479 e. The molecule has 0 saturated carbocycles. The molecule has 5 atom stereocenters. The fraction of sp³-hybridized carbons (Fsp3) is 0.538. The Morgan fingerprint density at radius 2 is 2.07 bits per heavy atom. The lowest BCUT2D eigenvalue weighted by atomic mass is 10.1. The normalized spacial score (nSPS) is 26.6. The lowest BCUT2D eigenvalue weighted by Crippen LogP contribution is -2.36. The first-order valence-corrected chi connectivity index (χ1v) is 9.56. The second-order valence-corrected chi connectivity index (χ2v) is 7.79. The molecule has 2 aromatic heterocycles. The van der Waals surface area contributed by atoms with Crippen LogP contribution in [0.2, 0.25) is 0 Å². The summed E-state index contributed by atoms with van der Waals surface area (Å²) < 4.78 is 22.7. The molecule has 1 aliphatic rings. The Bertz CT molecular complexity index is 946. The lowest BCUT2D eigenvalue weighted by Gasteiger charge is -2.19. The van der Waals surface area contributed by atoms with Crippen LogP contribution in [-0.2, 0) is 18.8 Å². The van der Waals surface area contributed by atoms with E-state index in [9.17, 15) is 19.6 Å². The van der Waals surface area contributed by atoms with Gasteiger partial charge in [-0.15, -0.1) is 0 Å². The van der Waals surface area contributed by atoms with E-state index < -0.39 is 50.6 Å². The Morgan fingerprint density at radius 1 is 1.39 bits per heavy atom. The Kier molecular flexibility index (Phi) is 5.38. The van der Waals surface area contributed by atoms with Gasteiger partial charge < -0.3 is 40.3 Å². The number of aliphatic hydroxyl groups excluding tert-OH is 2. The van der Waals surface area contributed by atoms with Crippen LogP contribution in [0.1, 0.15) is 12.1 Å². The van der Waals surface area contributed by atoms with Crippen LogP contribution >= 0.6 is 7.60 Å². The number of aromatic nitrogens is 4. The molecule has 1 saturated heterocycles. The van der Waals surface area contributed by atoms with E-state index in [1.165, 1.54) is 10.9 Å². The number of anilines is 1. The van der Waals surface area contributed by atoms with Gasteiger partial charge in [0.1, 0.15) is 29.7 Å². The van der Waals surface area contributed by atoms with E-state index in [0.29, 0.717) is 5.82 Å². The van der Waals surface area contributed by atoms with Crippen LogP contribution in [0, 0.1) is 6.92 Å². The van der Waals surface area contributed by atoms with Crippen molar-refractivity contribution in [2.75, 3.05) is 12.3 Å². The van der Waals surface area contributed by atoms with Gasteiger partial charge in [0.15, 0.2) is 17.7 Å². The molecule has 0 amide bonds. The Hall–Kier alpha value is -2.19. The van der Waals surface area contributed by atoms with Gasteiger partial charge in [-0.2, -0.15) is 0 Å². The highest BCUT2D eigenvalue weighted by molar-refractivity contribution is 7.53. The summed E-state index contributed by atoms with van der Waals surface area (Å²) in [5, 5.41) is 29.3. The zero-order chi connectivity index (χ0) is 20.8. The number of nitrogen functional groups attached to an aromatic ring is 1. The van der Waals surface area contributed by atoms with Crippen LogP contribution in [0.5, 0.6) is 0 Å². The molecule has 28 heavy (non-hydrogen) atoms. The quantitative estimate of drug-likeness (QED) is 0.277. The van der Waals surface area contributed by atoms with Crippen molar-refractivity contribution in [2.45, 2.75) is 37.3 Å². The third kappa shape index (κ3) is 3.71. The summed E-state index contributed by atoms with van der Waals surface area (Å²) in [5.41, 5.74) is 6.27. The van der Waals surface area contributed by atoms with Gasteiger partial charge in [-0.1, -0.05) is 0 Å². The number of imidazole rings is 1. The van der Waals surface area contributed by atoms with Gasteiger partial charge in [0.2, 0.25) is 0 Å². The van der Waals surface area contributed by atoms with E-state index in [4.69, 9.17) is 30.1 Å². The average Bonchev–Trinajstić information content (AvgIpc) is 3.09. The molecule has 3 heterocycles. The fourth-order valence-corrected chi connectivity index (χ4v) is 3.40. The second kappa shape index (κ2) is 7.33. The number of nitrogens with zero attached hydrogens (tertiary/aromatic N) is 4. The number of aliphatic carboxylic acids is 1. The fourth-order valence-electron chi connectivity index (χ4n) is 2.83. The Balaban J connectivity index is 1.81. The third-order valence-electron chi connectivity index (χ3n) is 4.11. The minimum atomic E-state index is -5.10. The monoisotopic (exact) mass is 419 g/mol. The number of carboxylic acids is 1. The summed E-state index contributed by atoms with van der Waals surface area (Å²) in [4.78, 5) is 41.2. The van der Waals surface area contributed by atoms with Gasteiger partial charge in [0, 0.05) is 0 Å². The molecular weight excluding hydrogens is 401 g/mol. The summed E-state index contributed by atoms with van der Waals surface area (Å²) in [6, 6.07) is 0.